The molecular formula is C16H15NO3S. The van der Waals surface area contributed by atoms with Gasteiger partial charge in [-0.15, -0.1) is 0 Å². The fourth-order valence-electron chi connectivity index (χ4n) is 2.08. The van der Waals surface area contributed by atoms with Crippen LogP contribution in [0.5, 0.6) is 11.5 Å². The molecule has 0 atom stereocenters. The van der Waals surface area contributed by atoms with E-state index in [1.165, 1.54) is 0 Å². The number of fused-ring (bicyclic) bond motifs is 1. The van der Waals surface area contributed by atoms with Crippen LogP contribution in [0.4, 0.5) is 0 Å². The zero-order valence-electron chi connectivity index (χ0n) is 11.4. The van der Waals surface area contributed by atoms with E-state index in [2.05, 4.69) is 0 Å². The van der Waals surface area contributed by atoms with E-state index in [1.807, 2.05) is 42.5 Å². The van der Waals surface area contributed by atoms with Gasteiger partial charge in [-0.25, -0.2) is 0 Å². The lowest BCUT2D eigenvalue weighted by Crippen LogP contribution is -2.09. The maximum atomic E-state index is 5.71. The molecule has 2 aromatic rings. The SMILES string of the molecule is NC(=S)c1ccc(COCc2ccc3c(c2)OCO3)cc1. The molecule has 3 rings (SSSR count). The highest BCUT2D eigenvalue weighted by Gasteiger charge is 2.12. The number of hydrogen-bond acceptors (Lipinski definition) is 4. The average molecular weight is 301 g/mol. The third kappa shape index (κ3) is 3.32. The molecule has 0 unspecified atom stereocenters. The first-order valence-electron chi connectivity index (χ1n) is 6.57. The van der Waals surface area contributed by atoms with E-state index >= 15 is 0 Å². The molecule has 0 radical (unpaired) electrons. The summed E-state index contributed by atoms with van der Waals surface area (Å²) in [7, 11) is 0. The summed E-state index contributed by atoms with van der Waals surface area (Å²) in [6, 6.07) is 13.6. The van der Waals surface area contributed by atoms with Gasteiger partial charge in [-0.3, -0.25) is 0 Å². The number of thiocarbonyl (C=S) groups is 1. The van der Waals surface area contributed by atoms with Crippen molar-refractivity contribution in [3.05, 3.63) is 59.2 Å². The molecule has 21 heavy (non-hydrogen) atoms. The van der Waals surface area contributed by atoms with Gasteiger partial charge in [-0.1, -0.05) is 42.5 Å². The molecule has 0 saturated heterocycles. The second-order valence-electron chi connectivity index (χ2n) is 4.74. The van der Waals surface area contributed by atoms with Crippen molar-refractivity contribution in [2.24, 2.45) is 5.73 Å². The van der Waals surface area contributed by atoms with Crippen molar-refractivity contribution in [2.45, 2.75) is 13.2 Å². The van der Waals surface area contributed by atoms with Crippen LogP contribution in [0.25, 0.3) is 0 Å². The number of benzene rings is 2. The molecule has 2 aromatic carbocycles. The highest BCUT2D eigenvalue weighted by atomic mass is 32.1. The second-order valence-corrected chi connectivity index (χ2v) is 5.18. The molecule has 0 aromatic heterocycles. The predicted molar refractivity (Wildman–Crippen MR) is 83.4 cm³/mol. The van der Waals surface area contributed by atoms with Crippen LogP contribution < -0.4 is 15.2 Å². The van der Waals surface area contributed by atoms with Gasteiger partial charge in [0.1, 0.15) is 4.99 Å². The Morgan fingerprint density at radius 1 is 1.00 bits per heavy atom. The first kappa shape index (κ1) is 13.9. The Morgan fingerprint density at radius 2 is 1.67 bits per heavy atom. The van der Waals surface area contributed by atoms with Crippen LogP contribution in [0, 0.1) is 0 Å². The first-order chi connectivity index (χ1) is 10.2. The lowest BCUT2D eigenvalue weighted by molar-refractivity contribution is 0.107. The van der Waals surface area contributed by atoms with E-state index in [4.69, 9.17) is 32.2 Å². The molecule has 108 valence electrons. The van der Waals surface area contributed by atoms with Crippen LogP contribution in [0.3, 0.4) is 0 Å². The summed E-state index contributed by atoms with van der Waals surface area (Å²) in [6.45, 7) is 1.34. The van der Waals surface area contributed by atoms with Crippen molar-refractivity contribution in [3.63, 3.8) is 0 Å². The van der Waals surface area contributed by atoms with Crippen LogP contribution in [-0.4, -0.2) is 11.8 Å². The first-order valence-corrected chi connectivity index (χ1v) is 6.98. The van der Waals surface area contributed by atoms with Crippen molar-refractivity contribution in [1.82, 2.24) is 0 Å². The van der Waals surface area contributed by atoms with E-state index in [0.717, 1.165) is 28.2 Å². The van der Waals surface area contributed by atoms with Gasteiger partial charge in [0, 0.05) is 5.56 Å². The largest absolute Gasteiger partial charge is 0.454 e. The molecule has 2 N–H and O–H groups in total. The van der Waals surface area contributed by atoms with Crippen molar-refractivity contribution in [3.8, 4) is 11.5 Å². The fourth-order valence-corrected chi connectivity index (χ4v) is 2.22. The Bertz CT molecular complexity index is 655. The van der Waals surface area contributed by atoms with Crippen LogP contribution >= 0.6 is 12.2 Å². The third-order valence-corrected chi connectivity index (χ3v) is 3.45. The Morgan fingerprint density at radius 3 is 2.43 bits per heavy atom. The number of nitrogens with two attached hydrogens (primary N) is 1. The normalized spacial score (nSPS) is 12.4. The minimum Gasteiger partial charge on any atom is -0.454 e. The van der Waals surface area contributed by atoms with Crippen LogP contribution in [0.2, 0.25) is 0 Å². The average Bonchev–Trinajstić information content (AvgIpc) is 2.95. The van der Waals surface area contributed by atoms with E-state index in [0.29, 0.717) is 18.2 Å². The Labute approximate surface area is 128 Å². The minimum absolute atomic E-state index is 0.287. The molecule has 5 heteroatoms. The molecule has 1 heterocycles. The number of ether oxygens (including phenoxy) is 3. The number of hydrogen-bond donors (Lipinski definition) is 1. The summed E-state index contributed by atoms with van der Waals surface area (Å²) < 4.78 is 16.3. The summed E-state index contributed by atoms with van der Waals surface area (Å²) in [6.07, 6.45) is 0. The Kier molecular flexibility index (Phi) is 4.03. The van der Waals surface area contributed by atoms with Gasteiger partial charge < -0.3 is 19.9 Å². The van der Waals surface area contributed by atoms with Gasteiger partial charge in [0.15, 0.2) is 11.5 Å². The maximum Gasteiger partial charge on any atom is 0.231 e. The monoisotopic (exact) mass is 301 g/mol. The molecule has 0 aliphatic carbocycles. The van der Waals surface area contributed by atoms with Gasteiger partial charge in [0.05, 0.1) is 13.2 Å². The molecule has 0 saturated carbocycles. The highest BCUT2D eigenvalue weighted by molar-refractivity contribution is 7.80. The smallest absolute Gasteiger partial charge is 0.231 e. The van der Waals surface area contributed by atoms with Crippen LogP contribution in [-0.2, 0) is 18.0 Å². The molecule has 1 aliphatic heterocycles. The van der Waals surface area contributed by atoms with Crippen molar-refractivity contribution in [2.75, 3.05) is 6.79 Å². The van der Waals surface area contributed by atoms with Crippen molar-refractivity contribution in [1.29, 1.82) is 0 Å². The molecule has 0 bridgehead atoms. The lowest BCUT2D eigenvalue weighted by Gasteiger charge is -2.06. The second kappa shape index (κ2) is 6.11. The molecule has 0 fully saturated rings. The predicted octanol–water partition coefficient (Wildman–Crippen LogP) is 2.77. The van der Waals surface area contributed by atoms with E-state index in [-0.39, 0.29) is 6.79 Å². The zero-order chi connectivity index (χ0) is 14.7. The topological polar surface area (TPSA) is 53.7 Å². The number of rotatable bonds is 5. The van der Waals surface area contributed by atoms with Crippen LogP contribution in [0.15, 0.2) is 42.5 Å². The fraction of sp³-hybridized carbons (Fsp3) is 0.188. The highest BCUT2D eigenvalue weighted by Crippen LogP contribution is 2.32. The third-order valence-electron chi connectivity index (χ3n) is 3.21. The van der Waals surface area contributed by atoms with Gasteiger partial charge in [-0.05, 0) is 23.3 Å². The quantitative estimate of drug-likeness (QED) is 0.861. The van der Waals surface area contributed by atoms with Gasteiger partial charge in [0.25, 0.3) is 0 Å². The maximum absolute atomic E-state index is 5.71. The molecular weight excluding hydrogens is 286 g/mol. The summed E-state index contributed by atoms with van der Waals surface area (Å²) in [5, 5.41) is 0. The van der Waals surface area contributed by atoms with Crippen LogP contribution in [0.1, 0.15) is 16.7 Å². The molecule has 0 amide bonds. The summed E-state index contributed by atoms with van der Waals surface area (Å²) in [4.78, 5) is 0.405. The summed E-state index contributed by atoms with van der Waals surface area (Å²) >= 11 is 4.92. The minimum atomic E-state index is 0.287. The Balaban J connectivity index is 1.55. The van der Waals surface area contributed by atoms with E-state index in [9.17, 15) is 0 Å². The molecule has 0 spiro atoms. The zero-order valence-corrected chi connectivity index (χ0v) is 12.2. The Hall–Kier alpha value is -2.11. The van der Waals surface area contributed by atoms with Crippen molar-refractivity contribution >= 4 is 17.2 Å². The molecule has 4 nitrogen and oxygen atoms in total. The summed E-state index contributed by atoms with van der Waals surface area (Å²) in [5.41, 5.74) is 8.56. The standard InChI is InChI=1S/C16H15NO3S/c17-16(21)13-4-1-11(2-5-13)8-18-9-12-3-6-14-15(7-12)20-10-19-14/h1-7H,8-10H2,(H2,17,21). The van der Waals surface area contributed by atoms with Gasteiger partial charge in [0.2, 0.25) is 6.79 Å². The summed E-state index contributed by atoms with van der Waals surface area (Å²) in [5.74, 6) is 1.56. The van der Waals surface area contributed by atoms with Crippen molar-refractivity contribution < 1.29 is 14.2 Å². The van der Waals surface area contributed by atoms with Gasteiger partial charge in [-0.2, -0.15) is 0 Å². The van der Waals surface area contributed by atoms with E-state index < -0.39 is 0 Å². The van der Waals surface area contributed by atoms with Gasteiger partial charge >= 0.3 is 0 Å². The van der Waals surface area contributed by atoms with E-state index in [1.54, 1.807) is 0 Å². The molecule has 1 aliphatic rings. The lowest BCUT2D eigenvalue weighted by atomic mass is 10.1.